The lowest BCUT2D eigenvalue weighted by atomic mass is 9.90. The van der Waals surface area contributed by atoms with Crippen molar-refractivity contribution in [2.45, 2.75) is 44.1 Å². The van der Waals surface area contributed by atoms with Crippen molar-refractivity contribution in [2.75, 3.05) is 7.11 Å². The highest BCUT2D eigenvalue weighted by molar-refractivity contribution is 5.96. The highest BCUT2D eigenvalue weighted by atomic mass is 16.5. The Morgan fingerprint density at radius 3 is 2.33 bits per heavy atom. The number of hydrogen-bond donors (Lipinski definition) is 2. The highest BCUT2D eigenvalue weighted by Crippen LogP contribution is 2.27. The van der Waals surface area contributed by atoms with Gasteiger partial charge in [0.2, 0.25) is 5.88 Å². The summed E-state index contributed by atoms with van der Waals surface area (Å²) in [6.07, 6.45) is 4.46. The van der Waals surface area contributed by atoms with Gasteiger partial charge in [-0.2, -0.15) is 0 Å². The highest BCUT2D eigenvalue weighted by Gasteiger charge is 2.40. The fourth-order valence-corrected chi connectivity index (χ4v) is 2.56. The van der Waals surface area contributed by atoms with E-state index >= 15 is 0 Å². The molecule has 1 aliphatic carbocycles. The molecule has 7 nitrogen and oxygen atoms in total. The van der Waals surface area contributed by atoms with Crippen molar-refractivity contribution >= 4 is 11.9 Å². The third-order valence-electron chi connectivity index (χ3n) is 3.80. The van der Waals surface area contributed by atoms with E-state index in [1.807, 2.05) is 0 Å². The lowest BCUT2D eigenvalue weighted by Crippen LogP contribution is -2.54. The number of aromatic nitrogens is 2. The van der Waals surface area contributed by atoms with Gasteiger partial charge in [0.15, 0.2) is 5.69 Å². The number of rotatable bonds is 4. The second kappa shape index (κ2) is 6.51. The number of carboxylic acids is 1. The molecule has 0 aliphatic heterocycles. The lowest BCUT2D eigenvalue weighted by Gasteiger charge is -2.29. The Hall–Kier alpha value is -2.18. The first kappa shape index (κ1) is 15.2. The van der Waals surface area contributed by atoms with Crippen LogP contribution in [-0.4, -0.2) is 39.8 Å². The zero-order valence-electron chi connectivity index (χ0n) is 12.0. The molecule has 0 unspecified atom stereocenters. The van der Waals surface area contributed by atoms with Gasteiger partial charge in [0.25, 0.3) is 5.91 Å². The normalized spacial score (nSPS) is 17.6. The van der Waals surface area contributed by atoms with Gasteiger partial charge in [0, 0.05) is 6.07 Å². The monoisotopic (exact) mass is 293 g/mol. The van der Waals surface area contributed by atoms with Crippen molar-refractivity contribution in [1.29, 1.82) is 0 Å². The van der Waals surface area contributed by atoms with Crippen molar-refractivity contribution in [3.05, 3.63) is 17.8 Å². The maximum absolute atomic E-state index is 12.2. The summed E-state index contributed by atoms with van der Waals surface area (Å²) in [5.41, 5.74) is -1.12. The number of nitrogens with one attached hydrogen (secondary N) is 1. The molecular formula is C14H19N3O4. The fourth-order valence-electron chi connectivity index (χ4n) is 2.56. The Morgan fingerprint density at radius 1 is 1.19 bits per heavy atom. The van der Waals surface area contributed by atoms with E-state index < -0.39 is 17.4 Å². The standard InChI is InChI=1S/C14H19N3O4/c1-21-11-7-6-10(16-17-11)12(18)15-14(13(19)20)8-4-2-3-5-9-14/h6-7H,2-5,8-9H2,1H3,(H,15,18)(H,19,20). The summed E-state index contributed by atoms with van der Waals surface area (Å²) in [5, 5.41) is 19.6. The molecule has 114 valence electrons. The Morgan fingerprint density at radius 2 is 1.86 bits per heavy atom. The zero-order valence-corrected chi connectivity index (χ0v) is 12.0. The van der Waals surface area contributed by atoms with Crippen molar-refractivity contribution in [3.8, 4) is 5.88 Å². The number of aliphatic carboxylic acids is 1. The summed E-state index contributed by atoms with van der Waals surface area (Å²) in [4.78, 5) is 23.8. The fraction of sp³-hybridized carbons (Fsp3) is 0.571. The van der Waals surface area contributed by atoms with E-state index in [2.05, 4.69) is 15.5 Å². The Kier molecular flexibility index (Phi) is 4.72. The average Bonchev–Trinajstić information content (AvgIpc) is 2.74. The molecule has 1 aromatic heterocycles. The van der Waals surface area contributed by atoms with Crippen LogP contribution in [0.3, 0.4) is 0 Å². The van der Waals surface area contributed by atoms with E-state index in [-0.39, 0.29) is 5.69 Å². The minimum Gasteiger partial charge on any atom is -0.480 e. The van der Waals surface area contributed by atoms with Crippen LogP contribution in [-0.2, 0) is 4.79 Å². The number of hydrogen-bond acceptors (Lipinski definition) is 5. The Labute approximate surface area is 122 Å². The van der Waals surface area contributed by atoms with Crippen LogP contribution in [0.1, 0.15) is 49.0 Å². The van der Waals surface area contributed by atoms with Gasteiger partial charge in [-0.1, -0.05) is 25.7 Å². The molecule has 21 heavy (non-hydrogen) atoms. The summed E-state index contributed by atoms with van der Waals surface area (Å²) in [6, 6.07) is 2.98. The molecule has 0 saturated heterocycles. The van der Waals surface area contributed by atoms with E-state index in [0.717, 1.165) is 25.7 Å². The maximum Gasteiger partial charge on any atom is 0.329 e. The first-order valence-corrected chi connectivity index (χ1v) is 7.01. The lowest BCUT2D eigenvalue weighted by molar-refractivity contribution is -0.145. The predicted octanol–water partition coefficient (Wildman–Crippen LogP) is 1.39. The number of methoxy groups -OCH3 is 1. The third-order valence-corrected chi connectivity index (χ3v) is 3.80. The molecule has 1 amide bonds. The molecule has 2 N–H and O–H groups in total. The molecule has 2 rings (SSSR count). The van der Waals surface area contributed by atoms with Gasteiger partial charge < -0.3 is 15.2 Å². The Bertz CT molecular complexity index is 507. The van der Waals surface area contributed by atoms with Crippen LogP contribution >= 0.6 is 0 Å². The topological polar surface area (TPSA) is 101 Å². The van der Waals surface area contributed by atoms with E-state index in [0.29, 0.717) is 18.7 Å². The minimum absolute atomic E-state index is 0.0840. The largest absolute Gasteiger partial charge is 0.480 e. The first-order valence-electron chi connectivity index (χ1n) is 7.01. The molecule has 1 heterocycles. The average molecular weight is 293 g/mol. The van der Waals surface area contributed by atoms with E-state index in [1.165, 1.54) is 19.2 Å². The summed E-state index contributed by atoms with van der Waals surface area (Å²) >= 11 is 0. The molecule has 0 radical (unpaired) electrons. The third kappa shape index (κ3) is 3.48. The van der Waals surface area contributed by atoms with Crippen molar-refractivity contribution in [1.82, 2.24) is 15.5 Å². The second-order valence-corrected chi connectivity index (χ2v) is 5.22. The van der Waals surface area contributed by atoms with Crippen LogP contribution in [0.4, 0.5) is 0 Å². The van der Waals surface area contributed by atoms with Crippen LogP contribution in [0, 0.1) is 0 Å². The molecule has 0 aromatic carbocycles. The number of nitrogens with zero attached hydrogens (tertiary/aromatic N) is 2. The van der Waals surface area contributed by atoms with Gasteiger partial charge in [-0.05, 0) is 18.9 Å². The number of ether oxygens (including phenoxy) is 1. The summed E-state index contributed by atoms with van der Waals surface area (Å²) in [7, 11) is 1.45. The molecule has 1 saturated carbocycles. The zero-order chi connectivity index (χ0) is 15.3. The quantitative estimate of drug-likeness (QED) is 0.813. The van der Waals surface area contributed by atoms with Gasteiger partial charge in [-0.15, -0.1) is 10.2 Å². The van der Waals surface area contributed by atoms with Crippen LogP contribution < -0.4 is 10.1 Å². The first-order chi connectivity index (χ1) is 10.1. The van der Waals surface area contributed by atoms with E-state index in [9.17, 15) is 14.7 Å². The van der Waals surface area contributed by atoms with Crippen molar-refractivity contribution < 1.29 is 19.4 Å². The second-order valence-electron chi connectivity index (χ2n) is 5.22. The van der Waals surface area contributed by atoms with Gasteiger partial charge in [-0.25, -0.2) is 4.79 Å². The van der Waals surface area contributed by atoms with E-state index in [4.69, 9.17) is 4.74 Å². The SMILES string of the molecule is COc1ccc(C(=O)NC2(C(=O)O)CCCCCC2)nn1. The molecule has 0 atom stereocenters. The van der Waals surface area contributed by atoms with Crippen molar-refractivity contribution in [2.24, 2.45) is 0 Å². The molecule has 7 heteroatoms. The van der Waals surface area contributed by atoms with E-state index in [1.54, 1.807) is 0 Å². The molecule has 1 aliphatic rings. The van der Waals surface area contributed by atoms with Gasteiger partial charge in [0.05, 0.1) is 7.11 Å². The summed E-state index contributed by atoms with van der Waals surface area (Å²) in [6.45, 7) is 0. The smallest absolute Gasteiger partial charge is 0.329 e. The molecule has 0 spiro atoms. The van der Waals surface area contributed by atoms with Crippen LogP contribution in [0.2, 0.25) is 0 Å². The van der Waals surface area contributed by atoms with Crippen LogP contribution in [0.25, 0.3) is 0 Å². The molecular weight excluding hydrogens is 274 g/mol. The number of carbonyl (C=O) groups excluding carboxylic acids is 1. The van der Waals surface area contributed by atoms with Gasteiger partial charge in [-0.3, -0.25) is 4.79 Å². The maximum atomic E-state index is 12.2. The molecule has 1 fully saturated rings. The predicted molar refractivity (Wildman–Crippen MR) is 74.1 cm³/mol. The van der Waals surface area contributed by atoms with Crippen molar-refractivity contribution in [3.63, 3.8) is 0 Å². The van der Waals surface area contributed by atoms with Gasteiger partial charge in [0.1, 0.15) is 5.54 Å². The van der Waals surface area contributed by atoms with Crippen LogP contribution in [0.5, 0.6) is 5.88 Å². The Balaban J connectivity index is 2.15. The number of carboxylic acid groups (broad SMARTS) is 1. The molecule has 1 aromatic rings. The van der Waals surface area contributed by atoms with Crippen LogP contribution in [0.15, 0.2) is 12.1 Å². The molecule has 0 bridgehead atoms. The number of amides is 1. The minimum atomic E-state index is -1.20. The summed E-state index contributed by atoms with van der Waals surface area (Å²) < 4.78 is 4.87. The van der Waals surface area contributed by atoms with Gasteiger partial charge >= 0.3 is 5.97 Å². The number of carbonyl (C=O) groups is 2. The summed E-state index contributed by atoms with van der Waals surface area (Å²) in [5.74, 6) is -1.21.